The van der Waals surface area contributed by atoms with Gasteiger partial charge in [-0.25, -0.2) is 5.48 Å². The van der Waals surface area contributed by atoms with Crippen LogP contribution in [0.5, 0.6) is 0 Å². The van der Waals surface area contributed by atoms with Crippen molar-refractivity contribution in [3.8, 4) is 11.8 Å². The van der Waals surface area contributed by atoms with Crippen molar-refractivity contribution in [2.24, 2.45) is 5.73 Å². The van der Waals surface area contributed by atoms with E-state index in [9.17, 15) is 9.59 Å². The van der Waals surface area contributed by atoms with Crippen molar-refractivity contribution in [2.75, 3.05) is 19.6 Å². The molecule has 0 spiro atoms. The van der Waals surface area contributed by atoms with Gasteiger partial charge in [-0.05, 0) is 36.4 Å². The van der Waals surface area contributed by atoms with E-state index in [0.717, 1.165) is 11.1 Å². The monoisotopic (exact) mass is 366 g/mol. The molecular weight excluding hydrogens is 344 g/mol. The van der Waals surface area contributed by atoms with Gasteiger partial charge >= 0.3 is 0 Å². The predicted molar refractivity (Wildman–Crippen MR) is 102 cm³/mol. The number of benzene rings is 2. The van der Waals surface area contributed by atoms with Gasteiger partial charge in [0, 0.05) is 36.3 Å². The Kier molecular flexibility index (Phi) is 8.00. The lowest BCUT2D eigenvalue weighted by Crippen LogP contribution is -2.51. The molecule has 0 unspecified atom stereocenters. The Morgan fingerprint density at radius 1 is 1.00 bits per heavy atom. The second-order valence-electron chi connectivity index (χ2n) is 5.69. The van der Waals surface area contributed by atoms with Gasteiger partial charge in [0.05, 0.1) is 0 Å². The molecule has 1 atom stereocenters. The van der Waals surface area contributed by atoms with Crippen molar-refractivity contribution in [2.45, 2.75) is 6.04 Å². The third-order valence-corrected chi connectivity index (χ3v) is 3.67. The highest BCUT2D eigenvalue weighted by Gasteiger charge is 2.20. The minimum atomic E-state index is -0.924. The Bertz CT molecular complexity index is 811. The molecule has 0 saturated carbocycles. The second kappa shape index (κ2) is 10.7. The first-order valence-corrected chi connectivity index (χ1v) is 8.46. The van der Waals surface area contributed by atoms with Crippen molar-refractivity contribution in [1.29, 1.82) is 0 Å². The molecule has 0 radical (unpaired) electrons. The number of nitrogens with two attached hydrogens (primary N) is 1. The summed E-state index contributed by atoms with van der Waals surface area (Å²) in [4.78, 5) is 24.0. The fourth-order valence-corrected chi connectivity index (χ4v) is 2.25. The average molecular weight is 366 g/mol. The highest BCUT2D eigenvalue weighted by Crippen LogP contribution is 2.05. The zero-order valence-corrected chi connectivity index (χ0v) is 14.7. The quantitative estimate of drug-likeness (QED) is 0.208. The molecule has 7 heteroatoms. The molecule has 0 saturated heterocycles. The maximum Gasteiger partial charge on any atom is 0.267 e. The van der Waals surface area contributed by atoms with E-state index in [-0.39, 0.29) is 6.54 Å². The van der Waals surface area contributed by atoms with E-state index >= 15 is 0 Å². The lowest BCUT2D eigenvalue weighted by atomic mass is 10.1. The number of nitrogens with one attached hydrogen (secondary N) is 3. The van der Waals surface area contributed by atoms with Gasteiger partial charge in [0.2, 0.25) is 0 Å². The Hall–Kier alpha value is -3.18. The van der Waals surface area contributed by atoms with E-state index in [0.29, 0.717) is 18.7 Å². The maximum absolute atomic E-state index is 12.3. The molecule has 0 heterocycles. The van der Waals surface area contributed by atoms with Gasteiger partial charge < -0.3 is 16.4 Å². The molecule has 0 aromatic heterocycles. The third-order valence-electron chi connectivity index (χ3n) is 3.67. The van der Waals surface area contributed by atoms with Gasteiger partial charge in [-0.3, -0.25) is 14.8 Å². The van der Waals surface area contributed by atoms with Gasteiger partial charge in [0.25, 0.3) is 11.8 Å². The van der Waals surface area contributed by atoms with Crippen LogP contribution in [0.2, 0.25) is 0 Å². The first-order chi connectivity index (χ1) is 13.1. The summed E-state index contributed by atoms with van der Waals surface area (Å²) in [5, 5.41) is 14.3. The molecule has 0 fully saturated rings. The molecule has 7 nitrogen and oxygen atoms in total. The number of carbonyl (C=O) groups is 2. The van der Waals surface area contributed by atoms with Crippen LogP contribution in [-0.4, -0.2) is 42.7 Å². The van der Waals surface area contributed by atoms with E-state index in [2.05, 4.69) is 22.5 Å². The van der Waals surface area contributed by atoms with Gasteiger partial charge in [0.15, 0.2) is 0 Å². The predicted octanol–water partition coefficient (Wildman–Crippen LogP) is 0.239. The number of amides is 2. The van der Waals surface area contributed by atoms with Crippen molar-refractivity contribution < 1.29 is 14.8 Å². The largest absolute Gasteiger partial charge is 0.339 e. The number of hydrogen-bond donors (Lipinski definition) is 5. The molecule has 6 N–H and O–H groups in total. The van der Waals surface area contributed by atoms with E-state index in [1.54, 1.807) is 29.7 Å². The van der Waals surface area contributed by atoms with Crippen molar-refractivity contribution in [3.63, 3.8) is 0 Å². The molecule has 0 aliphatic carbocycles. The third kappa shape index (κ3) is 6.56. The fourth-order valence-electron chi connectivity index (χ4n) is 2.25. The average Bonchev–Trinajstić information content (AvgIpc) is 2.72. The van der Waals surface area contributed by atoms with Crippen LogP contribution in [0.4, 0.5) is 0 Å². The standard InChI is InChI=1S/C20H22N4O3/c21-12-13-22-14-18(20(26)24-27)23-19(25)17-10-8-16(9-11-17)7-6-15-4-2-1-3-5-15/h1-5,8-11,18,22,27H,12-14,21H2,(H,23,25)(H,24,26)/t18-/m0/s1. The number of hydroxylamine groups is 1. The van der Waals surface area contributed by atoms with Crippen LogP contribution in [0.1, 0.15) is 21.5 Å². The smallest absolute Gasteiger partial charge is 0.267 e. The van der Waals surface area contributed by atoms with Crippen molar-refractivity contribution in [3.05, 3.63) is 71.3 Å². The summed E-state index contributed by atoms with van der Waals surface area (Å²) >= 11 is 0. The molecule has 0 aliphatic rings. The Labute approximate surface area is 157 Å². The number of hydrogen-bond acceptors (Lipinski definition) is 5. The van der Waals surface area contributed by atoms with E-state index in [1.165, 1.54) is 0 Å². The lowest BCUT2D eigenvalue weighted by Gasteiger charge is -2.17. The Morgan fingerprint density at radius 3 is 2.22 bits per heavy atom. The fraction of sp³-hybridized carbons (Fsp3) is 0.200. The van der Waals surface area contributed by atoms with Gasteiger partial charge in [-0.15, -0.1) is 0 Å². The van der Waals surface area contributed by atoms with Crippen LogP contribution in [-0.2, 0) is 4.79 Å². The second-order valence-corrected chi connectivity index (χ2v) is 5.69. The minimum Gasteiger partial charge on any atom is -0.339 e. The maximum atomic E-state index is 12.3. The molecule has 2 aromatic carbocycles. The number of carbonyl (C=O) groups excluding carboxylic acids is 2. The molecule has 27 heavy (non-hydrogen) atoms. The summed E-state index contributed by atoms with van der Waals surface area (Å²) in [6.07, 6.45) is 0. The van der Waals surface area contributed by atoms with Crippen LogP contribution in [0.3, 0.4) is 0 Å². The first-order valence-electron chi connectivity index (χ1n) is 8.46. The van der Waals surface area contributed by atoms with Crippen LogP contribution < -0.4 is 21.8 Å². The zero-order chi connectivity index (χ0) is 19.5. The topological polar surface area (TPSA) is 116 Å². The number of rotatable bonds is 7. The molecule has 2 amide bonds. The van der Waals surface area contributed by atoms with E-state index < -0.39 is 17.9 Å². The van der Waals surface area contributed by atoms with Crippen LogP contribution in [0.15, 0.2) is 54.6 Å². The molecule has 140 valence electrons. The minimum absolute atomic E-state index is 0.149. The van der Waals surface area contributed by atoms with E-state index in [4.69, 9.17) is 10.9 Å². The Balaban J connectivity index is 2.01. The molecule has 2 aromatic rings. The highest BCUT2D eigenvalue weighted by molar-refractivity contribution is 5.97. The summed E-state index contributed by atoms with van der Waals surface area (Å²) in [5.41, 5.74) is 8.98. The summed E-state index contributed by atoms with van der Waals surface area (Å²) in [6, 6.07) is 15.4. The molecular formula is C20H22N4O3. The van der Waals surface area contributed by atoms with Crippen LogP contribution in [0.25, 0.3) is 0 Å². The summed E-state index contributed by atoms with van der Waals surface area (Å²) in [6.45, 7) is 1.03. The zero-order valence-electron chi connectivity index (χ0n) is 14.7. The van der Waals surface area contributed by atoms with Gasteiger partial charge in [-0.1, -0.05) is 30.0 Å². The highest BCUT2D eigenvalue weighted by atomic mass is 16.5. The normalized spacial score (nSPS) is 11.0. The van der Waals surface area contributed by atoms with Gasteiger partial charge in [0.1, 0.15) is 6.04 Å². The molecule has 2 rings (SSSR count). The molecule has 0 aliphatic heterocycles. The first kappa shape index (κ1) is 20.1. The summed E-state index contributed by atoms with van der Waals surface area (Å²) in [7, 11) is 0. The van der Waals surface area contributed by atoms with Gasteiger partial charge in [-0.2, -0.15) is 0 Å². The molecule has 0 bridgehead atoms. The summed E-state index contributed by atoms with van der Waals surface area (Å²) < 4.78 is 0. The van der Waals surface area contributed by atoms with Crippen molar-refractivity contribution in [1.82, 2.24) is 16.1 Å². The van der Waals surface area contributed by atoms with Crippen LogP contribution >= 0.6 is 0 Å². The summed E-state index contributed by atoms with van der Waals surface area (Å²) in [5.74, 6) is 4.93. The van der Waals surface area contributed by atoms with Crippen LogP contribution in [0, 0.1) is 11.8 Å². The Morgan fingerprint density at radius 2 is 1.63 bits per heavy atom. The van der Waals surface area contributed by atoms with E-state index in [1.807, 2.05) is 30.3 Å². The SMILES string of the molecule is NCCNC[C@H](NC(=O)c1ccc(C#Cc2ccccc2)cc1)C(=O)NO. The van der Waals surface area contributed by atoms with Crippen molar-refractivity contribution >= 4 is 11.8 Å². The lowest BCUT2D eigenvalue weighted by molar-refractivity contribution is -0.131.